The number of amides is 1. The molecule has 0 saturated carbocycles. The zero-order valence-corrected chi connectivity index (χ0v) is 13.0. The Labute approximate surface area is 126 Å². The van der Waals surface area contributed by atoms with E-state index in [1.54, 1.807) is 13.8 Å². The lowest BCUT2D eigenvalue weighted by atomic mass is 10.2. The van der Waals surface area contributed by atoms with Crippen molar-refractivity contribution in [2.75, 3.05) is 19.9 Å². The van der Waals surface area contributed by atoms with E-state index >= 15 is 0 Å². The van der Waals surface area contributed by atoms with E-state index in [9.17, 15) is 9.59 Å². The number of hydrogen-bond acceptors (Lipinski definition) is 5. The fourth-order valence-corrected chi connectivity index (χ4v) is 1.19. The molecule has 124 valence electrons. The van der Waals surface area contributed by atoms with Crippen molar-refractivity contribution >= 4 is 17.6 Å². The predicted octanol–water partition coefficient (Wildman–Crippen LogP) is 1.54. The minimum Gasteiger partial charge on any atom is -0.481 e. The Hall–Kier alpha value is -1.47. The number of aliphatic hydroxyl groups excluding tert-OH is 1. The SMILES string of the molecule is CC(C)=N.O=C(O)CCCCCO.O=C1CCCOCN1. The maximum Gasteiger partial charge on any atom is 0.303 e. The van der Waals surface area contributed by atoms with E-state index in [4.69, 9.17) is 20.4 Å². The number of aliphatic hydroxyl groups is 1. The number of nitrogens with one attached hydrogen (secondary N) is 2. The van der Waals surface area contributed by atoms with Gasteiger partial charge in [0, 0.05) is 31.8 Å². The van der Waals surface area contributed by atoms with Crippen molar-refractivity contribution in [1.29, 1.82) is 5.41 Å². The Bertz CT molecular complexity index is 281. The minimum absolute atomic E-state index is 0.0995. The number of carbonyl (C=O) groups is 2. The zero-order chi connectivity index (χ0) is 16.5. The van der Waals surface area contributed by atoms with Crippen LogP contribution in [0, 0.1) is 5.41 Å². The highest BCUT2D eigenvalue weighted by Gasteiger charge is 2.03. The molecular formula is C14H28N2O5. The molecule has 1 rings (SSSR count). The van der Waals surface area contributed by atoms with E-state index in [0.29, 0.717) is 38.3 Å². The number of ether oxygens (including phenoxy) is 1. The van der Waals surface area contributed by atoms with Crippen molar-refractivity contribution < 1.29 is 24.5 Å². The first-order chi connectivity index (χ1) is 9.90. The van der Waals surface area contributed by atoms with E-state index in [-0.39, 0.29) is 18.9 Å². The molecule has 0 unspecified atom stereocenters. The summed E-state index contributed by atoms with van der Waals surface area (Å²) >= 11 is 0. The van der Waals surface area contributed by atoms with Crippen molar-refractivity contribution in [3.8, 4) is 0 Å². The second-order valence-corrected chi connectivity index (χ2v) is 4.68. The van der Waals surface area contributed by atoms with Crippen LogP contribution in [0.1, 0.15) is 52.4 Å². The van der Waals surface area contributed by atoms with E-state index < -0.39 is 5.97 Å². The van der Waals surface area contributed by atoms with Crippen LogP contribution in [0.3, 0.4) is 0 Å². The van der Waals surface area contributed by atoms with E-state index in [1.165, 1.54) is 0 Å². The summed E-state index contributed by atoms with van der Waals surface area (Å²) in [5.41, 5.74) is 0.667. The molecule has 21 heavy (non-hydrogen) atoms. The van der Waals surface area contributed by atoms with Gasteiger partial charge in [0.25, 0.3) is 0 Å². The molecule has 0 spiro atoms. The van der Waals surface area contributed by atoms with Gasteiger partial charge in [-0.3, -0.25) is 9.59 Å². The van der Waals surface area contributed by atoms with E-state index in [2.05, 4.69) is 5.32 Å². The van der Waals surface area contributed by atoms with Crippen LogP contribution in [0.25, 0.3) is 0 Å². The predicted molar refractivity (Wildman–Crippen MR) is 80.5 cm³/mol. The monoisotopic (exact) mass is 304 g/mol. The molecule has 0 aromatic carbocycles. The molecule has 0 aromatic rings. The summed E-state index contributed by atoms with van der Waals surface area (Å²) in [5.74, 6) is -0.657. The molecular weight excluding hydrogens is 276 g/mol. The minimum atomic E-state index is -0.757. The van der Waals surface area contributed by atoms with Crippen LogP contribution in [0.5, 0.6) is 0 Å². The van der Waals surface area contributed by atoms with E-state index in [1.807, 2.05) is 0 Å². The fraction of sp³-hybridized carbons (Fsp3) is 0.786. The smallest absolute Gasteiger partial charge is 0.303 e. The van der Waals surface area contributed by atoms with E-state index in [0.717, 1.165) is 12.8 Å². The fourth-order valence-electron chi connectivity index (χ4n) is 1.19. The molecule has 0 aliphatic carbocycles. The van der Waals surface area contributed by atoms with Gasteiger partial charge in [-0.05, 0) is 33.1 Å². The molecule has 4 N–H and O–H groups in total. The van der Waals surface area contributed by atoms with Crippen molar-refractivity contribution in [2.24, 2.45) is 0 Å². The number of rotatable bonds is 5. The number of carboxylic acid groups (broad SMARTS) is 1. The summed E-state index contributed by atoms with van der Waals surface area (Å²) < 4.78 is 4.93. The quantitative estimate of drug-likeness (QED) is 0.453. The molecule has 1 aliphatic heterocycles. The van der Waals surface area contributed by atoms with Crippen LogP contribution >= 0.6 is 0 Å². The first kappa shape index (κ1) is 21.8. The molecule has 0 radical (unpaired) electrons. The van der Waals surface area contributed by atoms with Crippen LogP contribution in [0.15, 0.2) is 0 Å². The highest BCUT2D eigenvalue weighted by Crippen LogP contribution is 1.97. The van der Waals surface area contributed by atoms with Gasteiger partial charge in [-0.25, -0.2) is 0 Å². The molecule has 1 amide bonds. The summed E-state index contributed by atoms with van der Waals surface area (Å²) in [6, 6.07) is 0. The summed E-state index contributed by atoms with van der Waals surface area (Å²) in [6.45, 7) is 4.76. The third-order valence-corrected chi connectivity index (χ3v) is 2.11. The standard InChI is InChI=1S/C6H12O3.C5H9NO2.C3H7N/c7-5-3-1-2-4-6(8)9;7-5-2-1-3-8-4-6-5;1-3(2)4/h7H,1-5H2,(H,8,9);1-4H2,(H,6,7);4H,1-2H3. The van der Waals surface area contributed by atoms with Crippen LogP contribution in [0.2, 0.25) is 0 Å². The average Bonchev–Trinajstić information content (AvgIpc) is 2.62. The highest BCUT2D eigenvalue weighted by molar-refractivity contribution is 5.75. The third kappa shape index (κ3) is 27.7. The molecule has 0 aromatic heterocycles. The van der Waals surface area contributed by atoms with Crippen molar-refractivity contribution in [2.45, 2.75) is 52.4 Å². The van der Waals surface area contributed by atoms with Gasteiger partial charge in [0.05, 0.1) is 0 Å². The summed E-state index contributed by atoms with van der Waals surface area (Å²) in [6.07, 6.45) is 3.89. The Balaban J connectivity index is 0. The van der Waals surface area contributed by atoms with Gasteiger partial charge in [0.2, 0.25) is 5.91 Å². The molecule has 7 nitrogen and oxygen atoms in total. The lowest BCUT2D eigenvalue weighted by molar-refractivity contribution is -0.137. The van der Waals surface area contributed by atoms with Crippen molar-refractivity contribution in [3.05, 3.63) is 0 Å². The number of aliphatic carboxylic acids is 1. The van der Waals surface area contributed by atoms with Crippen LogP contribution in [-0.2, 0) is 14.3 Å². The molecule has 7 heteroatoms. The summed E-state index contributed by atoms with van der Waals surface area (Å²) in [5, 5.41) is 25.5. The van der Waals surface area contributed by atoms with Gasteiger partial charge in [-0.15, -0.1) is 0 Å². The summed E-state index contributed by atoms with van der Waals surface area (Å²) in [7, 11) is 0. The lowest BCUT2D eigenvalue weighted by Crippen LogP contribution is -2.22. The third-order valence-electron chi connectivity index (χ3n) is 2.11. The highest BCUT2D eigenvalue weighted by atomic mass is 16.5. The van der Waals surface area contributed by atoms with Crippen LogP contribution in [-0.4, -0.2) is 47.7 Å². The first-order valence-corrected chi connectivity index (χ1v) is 7.09. The molecule has 1 heterocycles. The molecule has 1 fully saturated rings. The normalized spacial score (nSPS) is 13.6. The Morgan fingerprint density at radius 1 is 1.33 bits per heavy atom. The lowest BCUT2D eigenvalue weighted by Gasteiger charge is -1.95. The van der Waals surface area contributed by atoms with Gasteiger partial charge in [-0.1, -0.05) is 6.42 Å². The topological polar surface area (TPSA) is 120 Å². The number of hydrogen-bond donors (Lipinski definition) is 4. The zero-order valence-electron chi connectivity index (χ0n) is 13.0. The Morgan fingerprint density at radius 3 is 2.48 bits per heavy atom. The second-order valence-electron chi connectivity index (χ2n) is 4.68. The van der Waals surface area contributed by atoms with Gasteiger partial charge >= 0.3 is 5.97 Å². The van der Waals surface area contributed by atoms with Crippen LogP contribution in [0.4, 0.5) is 0 Å². The average molecular weight is 304 g/mol. The number of unbranched alkanes of at least 4 members (excludes halogenated alkanes) is 2. The second kappa shape index (κ2) is 16.6. The van der Waals surface area contributed by atoms with Crippen molar-refractivity contribution in [3.63, 3.8) is 0 Å². The number of carboxylic acids is 1. The van der Waals surface area contributed by atoms with Gasteiger partial charge in [0.15, 0.2) is 0 Å². The maximum absolute atomic E-state index is 10.5. The maximum atomic E-state index is 10.5. The van der Waals surface area contributed by atoms with Crippen LogP contribution < -0.4 is 5.32 Å². The Morgan fingerprint density at radius 2 is 1.95 bits per heavy atom. The summed E-state index contributed by atoms with van der Waals surface area (Å²) in [4.78, 5) is 20.4. The Kier molecular flexibility index (Phi) is 17.2. The van der Waals surface area contributed by atoms with Gasteiger partial charge < -0.3 is 25.7 Å². The largest absolute Gasteiger partial charge is 0.481 e. The van der Waals surface area contributed by atoms with Gasteiger partial charge in [-0.2, -0.15) is 0 Å². The molecule has 0 atom stereocenters. The molecule has 1 aliphatic rings. The molecule has 0 bridgehead atoms. The van der Waals surface area contributed by atoms with Gasteiger partial charge in [0.1, 0.15) is 6.73 Å². The van der Waals surface area contributed by atoms with Crippen molar-refractivity contribution in [1.82, 2.24) is 5.32 Å². The molecule has 1 saturated heterocycles. The first-order valence-electron chi connectivity index (χ1n) is 7.09. The number of carbonyl (C=O) groups excluding carboxylic acids is 1.